The van der Waals surface area contributed by atoms with Gasteiger partial charge in [0.25, 0.3) is 5.91 Å². The number of benzene rings is 1. The quantitative estimate of drug-likeness (QED) is 0.656. The minimum Gasteiger partial charge on any atom is -0.480 e. The zero-order valence-corrected chi connectivity index (χ0v) is 11.9. The first-order valence-corrected chi connectivity index (χ1v) is 6.56. The van der Waals surface area contributed by atoms with E-state index in [0.29, 0.717) is 6.07 Å². The lowest BCUT2D eigenvalue weighted by atomic mass is 10.2. The summed E-state index contributed by atoms with van der Waals surface area (Å²) in [4.78, 5) is 33.5. The van der Waals surface area contributed by atoms with E-state index < -0.39 is 35.5 Å². The molecule has 120 valence electrons. The average Bonchev–Trinajstić information content (AvgIpc) is 2.43. The van der Waals surface area contributed by atoms with Crippen molar-refractivity contribution in [1.29, 1.82) is 0 Å². The Morgan fingerprint density at radius 1 is 1.27 bits per heavy atom. The normalized spacial score (nSPS) is 11.6. The van der Waals surface area contributed by atoms with Crippen LogP contribution in [0.3, 0.4) is 0 Å². The molecule has 0 radical (unpaired) electrons. The Morgan fingerprint density at radius 3 is 2.55 bits per heavy atom. The van der Waals surface area contributed by atoms with Gasteiger partial charge in [-0.15, -0.1) is 0 Å². The largest absolute Gasteiger partial charge is 0.480 e. The SMILES string of the molecule is CC(NC(=O)CCCNC(=O)c1ccc(F)cc1F)C(=O)O. The molecular weight excluding hydrogens is 298 g/mol. The Hall–Kier alpha value is -2.51. The molecule has 0 aromatic heterocycles. The molecule has 0 saturated carbocycles. The highest BCUT2D eigenvalue weighted by Gasteiger charge is 2.14. The average molecular weight is 314 g/mol. The van der Waals surface area contributed by atoms with Crippen molar-refractivity contribution >= 4 is 17.8 Å². The summed E-state index contributed by atoms with van der Waals surface area (Å²) >= 11 is 0. The monoisotopic (exact) mass is 314 g/mol. The number of carbonyl (C=O) groups excluding carboxylic acids is 2. The van der Waals surface area contributed by atoms with E-state index in [1.807, 2.05) is 0 Å². The number of aliphatic carboxylic acids is 1. The van der Waals surface area contributed by atoms with E-state index in [-0.39, 0.29) is 24.9 Å². The van der Waals surface area contributed by atoms with Crippen molar-refractivity contribution < 1.29 is 28.3 Å². The molecule has 0 spiro atoms. The minimum absolute atomic E-state index is 0.0177. The van der Waals surface area contributed by atoms with Gasteiger partial charge in [-0.05, 0) is 25.5 Å². The molecule has 22 heavy (non-hydrogen) atoms. The first-order valence-electron chi connectivity index (χ1n) is 6.56. The number of hydrogen-bond acceptors (Lipinski definition) is 3. The van der Waals surface area contributed by atoms with Crippen molar-refractivity contribution in [2.75, 3.05) is 6.54 Å². The molecule has 0 aliphatic heterocycles. The predicted molar refractivity (Wildman–Crippen MR) is 73.2 cm³/mol. The van der Waals surface area contributed by atoms with E-state index in [1.165, 1.54) is 6.92 Å². The van der Waals surface area contributed by atoms with Crippen molar-refractivity contribution in [1.82, 2.24) is 10.6 Å². The molecule has 1 rings (SSSR count). The molecule has 2 amide bonds. The Morgan fingerprint density at radius 2 is 1.95 bits per heavy atom. The Kier molecular flexibility index (Phi) is 6.43. The molecule has 0 aliphatic rings. The van der Waals surface area contributed by atoms with Crippen LogP contribution in [0.15, 0.2) is 18.2 Å². The summed E-state index contributed by atoms with van der Waals surface area (Å²) in [6, 6.07) is 1.62. The maximum absolute atomic E-state index is 13.3. The number of rotatable bonds is 7. The van der Waals surface area contributed by atoms with E-state index in [4.69, 9.17) is 5.11 Å². The lowest BCUT2D eigenvalue weighted by Crippen LogP contribution is -2.38. The van der Waals surface area contributed by atoms with Gasteiger partial charge in [-0.1, -0.05) is 0 Å². The van der Waals surface area contributed by atoms with Crippen LogP contribution in [0.2, 0.25) is 0 Å². The predicted octanol–water partition coefficient (Wildman–Crippen LogP) is 1.06. The van der Waals surface area contributed by atoms with Gasteiger partial charge in [0.1, 0.15) is 17.7 Å². The molecule has 8 heteroatoms. The van der Waals surface area contributed by atoms with Gasteiger partial charge in [0.05, 0.1) is 5.56 Å². The lowest BCUT2D eigenvalue weighted by molar-refractivity contribution is -0.141. The minimum atomic E-state index is -1.14. The molecule has 0 bridgehead atoms. The number of hydrogen-bond donors (Lipinski definition) is 3. The summed E-state index contributed by atoms with van der Waals surface area (Å²) in [5.74, 6) is -4.06. The molecule has 1 aromatic carbocycles. The van der Waals surface area contributed by atoms with Crippen LogP contribution in [-0.4, -0.2) is 35.5 Å². The molecule has 3 N–H and O–H groups in total. The molecule has 1 unspecified atom stereocenters. The lowest BCUT2D eigenvalue weighted by Gasteiger charge is -2.09. The van der Waals surface area contributed by atoms with Gasteiger partial charge in [0.2, 0.25) is 5.91 Å². The van der Waals surface area contributed by atoms with Crippen molar-refractivity contribution in [3.8, 4) is 0 Å². The zero-order valence-electron chi connectivity index (χ0n) is 11.9. The molecule has 0 fully saturated rings. The fourth-order valence-corrected chi connectivity index (χ4v) is 1.60. The van der Waals surface area contributed by atoms with Gasteiger partial charge in [-0.25, -0.2) is 8.78 Å². The molecule has 6 nitrogen and oxygen atoms in total. The molecule has 1 atom stereocenters. The highest BCUT2D eigenvalue weighted by Crippen LogP contribution is 2.09. The summed E-state index contributed by atoms with van der Waals surface area (Å²) in [6.45, 7) is 1.43. The van der Waals surface area contributed by atoms with Crippen molar-refractivity contribution in [3.05, 3.63) is 35.4 Å². The van der Waals surface area contributed by atoms with E-state index >= 15 is 0 Å². The van der Waals surface area contributed by atoms with Crippen LogP contribution in [0.5, 0.6) is 0 Å². The molecule has 1 aromatic rings. The smallest absolute Gasteiger partial charge is 0.325 e. The van der Waals surface area contributed by atoms with Crippen LogP contribution in [0.1, 0.15) is 30.1 Å². The summed E-state index contributed by atoms with van der Waals surface area (Å²) in [5.41, 5.74) is -0.287. The van der Waals surface area contributed by atoms with Crippen LogP contribution in [0.25, 0.3) is 0 Å². The van der Waals surface area contributed by atoms with E-state index in [2.05, 4.69) is 10.6 Å². The summed E-state index contributed by atoms with van der Waals surface area (Å²) in [5, 5.41) is 13.3. The number of carboxylic acid groups (broad SMARTS) is 1. The standard InChI is InChI=1S/C14H16F2N2O4/c1-8(14(21)22)18-12(19)3-2-6-17-13(20)10-5-4-9(15)7-11(10)16/h4-5,7-8H,2-3,6H2,1H3,(H,17,20)(H,18,19)(H,21,22). The first kappa shape index (κ1) is 17.5. The number of halogens is 2. The maximum Gasteiger partial charge on any atom is 0.325 e. The molecule has 0 heterocycles. The molecular formula is C14H16F2N2O4. The molecule has 0 aliphatic carbocycles. The second-order valence-corrected chi connectivity index (χ2v) is 4.61. The summed E-state index contributed by atoms with van der Waals surface area (Å²) in [7, 11) is 0. The first-order chi connectivity index (χ1) is 10.3. The summed E-state index contributed by atoms with van der Waals surface area (Å²) < 4.78 is 26.0. The zero-order chi connectivity index (χ0) is 16.7. The van der Waals surface area contributed by atoms with E-state index in [0.717, 1.165) is 12.1 Å². The number of amides is 2. The molecule has 0 saturated heterocycles. The Labute approximate surface area is 125 Å². The third kappa shape index (κ3) is 5.47. The van der Waals surface area contributed by atoms with Gasteiger partial charge in [-0.2, -0.15) is 0 Å². The Balaban J connectivity index is 2.34. The maximum atomic E-state index is 13.3. The highest BCUT2D eigenvalue weighted by atomic mass is 19.1. The highest BCUT2D eigenvalue weighted by molar-refractivity contribution is 5.94. The van der Waals surface area contributed by atoms with Crippen molar-refractivity contribution in [2.24, 2.45) is 0 Å². The Bertz CT molecular complexity index is 578. The summed E-state index contributed by atoms with van der Waals surface area (Å²) in [6.07, 6.45) is 0.274. The van der Waals surface area contributed by atoms with Crippen LogP contribution >= 0.6 is 0 Å². The third-order valence-electron chi connectivity index (χ3n) is 2.79. The fraction of sp³-hybridized carbons (Fsp3) is 0.357. The van der Waals surface area contributed by atoms with Gasteiger partial charge in [0.15, 0.2) is 0 Å². The topological polar surface area (TPSA) is 95.5 Å². The van der Waals surface area contributed by atoms with Gasteiger partial charge < -0.3 is 15.7 Å². The van der Waals surface area contributed by atoms with Crippen molar-refractivity contribution in [3.63, 3.8) is 0 Å². The van der Waals surface area contributed by atoms with Gasteiger partial charge in [0, 0.05) is 19.0 Å². The number of carbonyl (C=O) groups is 3. The van der Waals surface area contributed by atoms with E-state index in [1.54, 1.807) is 0 Å². The van der Waals surface area contributed by atoms with Crippen LogP contribution in [-0.2, 0) is 9.59 Å². The second kappa shape index (κ2) is 8.06. The third-order valence-corrected chi connectivity index (χ3v) is 2.79. The number of nitrogens with one attached hydrogen (secondary N) is 2. The van der Waals surface area contributed by atoms with Crippen molar-refractivity contribution in [2.45, 2.75) is 25.8 Å². The van der Waals surface area contributed by atoms with Gasteiger partial charge >= 0.3 is 5.97 Å². The second-order valence-electron chi connectivity index (χ2n) is 4.61. The van der Waals surface area contributed by atoms with Crippen LogP contribution < -0.4 is 10.6 Å². The van der Waals surface area contributed by atoms with Gasteiger partial charge in [-0.3, -0.25) is 14.4 Å². The van der Waals surface area contributed by atoms with Crippen LogP contribution in [0, 0.1) is 11.6 Å². The van der Waals surface area contributed by atoms with E-state index in [9.17, 15) is 23.2 Å². The number of carboxylic acids is 1. The van der Waals surface area contributed by atoms with Crippen LogP contribution in [0.4, 0.5) is 8.78 Å². The fourth-order valence-electron chi connectivity index (χ4n) is 1.60.